The number of hydrogen-bond acceptors (Lipinski definition) is 5. The third kappa shape index (κ3) is 4.63. The van der Waals surface area contributed by atoms with Crippen LogP contribution in [0.1, 0.15) is 40.1 Å². The third-order valence-corrected chi connectivity index (χ3v) is 5.92. The van der Waals surface area contributed by atoms with Crippen molar-refractivity contribution in [2.24, 2.45) is 0 Å². The Kier molecular flexibility index (Phi) is 6.35. The molecule has 2 aromatic carbocycles. The van der Waals surface area contributed by atoms with Crippen LogP contribution in [0.15, 0.2) is 42.5 Å². The van der Waals surface area contributed by atoms with E-state index in [-0.39, 0.29) is 17.9 Å². The van der Waals surface area contributed by atoms with E-state index in [1.807, 2.05) is 0 Å². The summed E-state index contributed by atoms with van der Waals surface area (Å²) in [4.78, 5) is 12.8. The minimum Gasteiger partial charge on any atom is -0.493 e. The predicted molar refractivity (Wildman–Crippen MR) is 122 cm³/mol. The Balaban J connectivity index is 1.66. The van der Waals surface area contributed by atoms with E-state index in [4.69, 9.17) is 21.1 Å². The number of halogens is 4. The molecular weight excluding hydrogens is 473 g/mol. The predicted octanol–water partition coefficient (Wildman–Crippen LogP) is 5.77. The van der Waals surface area contributed by atoms with E-state index in [1.54, 1.807) is 43.3 Å². The van der Waals surface area contributed by atoms with Crippen molar-refractivity contribution in [3.8, 4) is 11.5 Å². The number of benzene rings is 2. The zero-order chi connectivity index (χ0) is 24.6. The van der Waals surface area contributed by atoms with Gasteiger partial charge in [-0.3, -0.25) is 4.79 Å². The fourth-order valence-corrected chi connectivity index (χ4v) is 4.06. The number of alkyl halides is 3. The molecule has 180 valence electrons. The van der Waals surface area contributed by atoms with Gasteiger partial charge in [0.1, 0.15) is 5.82 Å². The first-order valence-electron chi connectivity index (χ1n) is 10.3. The second-order valence-electron chi connectivity index (χ2n) is 7.88. The number of ether oxygens (including phenoxy) is 2. The van der Waals surface area contributed by atoms with Crippen molar-refractivity contribution in [1.82, 2.24) is 9.78 Å². The quantitative estimate of drug-likeness (QED) is 0.470. The Hall–Kier alpha value is -3.40. The SMILES string of the molecule is COc1ccc([C@H]2C[C@@H](C(F)(F)F)n3nc(C(=O)Nc4cc(Cl)ccc4C)cc3N2)cc1OC. The molecule has 0 saturated heterocycles. The normalized spacial score (nSPS) is 17.5. The fourth-order valence-electron chi connectivity index (χ4n) is 3.89. The van der Waals surface area contributed by atoms with E-state index < -0.39 is 24.2 Å². The van der Waals surface area contributed by atoms with Crippen LogP contribution in [0.2, 0.25) is 5.02 Å². The van der Waals surface area contributed by atoms with Gasteiger partial charge < -0.3 is 20.1 Å². The van der Waals surface area contributed by atoms with Crippen molar-refractivity contribution in [1.29, 1.82) is 0 Å². The molecule has 0 fully saturated rings. The number of nitrogens with one attached hydrogen (secondary N) is 2. The lowest BCUT2D eigenvalue weighted by Gasteiger charge is -2.33. The number of anilines is 2. The smallest absolute Gasteiger partial charge is 0.410 e. The molecule has 2 atom stereocenters. The summed E-state index contributed by atoms with van der Waals surface area (Å²) in [5, 5.41) is 10.1. The summed E-state index contributed by atoms with van der Waals surface area (Å²) in [7, 11) is 2.93. The minimum atomic E-state index is -4.57. The molecule has 0 saturated carbocycles. The van der Waals surface area contributed by atoms with Crippen LogP contribution in [0.25, 0.3) is 0 Å². The largest absolute Gasteiger partial charge is 0.493 e. The molecule has 7 nitrogen and oxygen atoms in total. The van der Waals surface area contributed by atoms with Crippen molar-refractivity contribution in [2.75, 3.05) is 24.9 Å². The van der Waals surface area contributed by atoms with Gasteiger partial charge in [0.05, 0.1) is 20.3 Å². The van der Waals surface area contributed by atoms with Gasteiger partial charge in [-0.25, -0.2) is 4.68 Å². The number of nitrogens with zero attached hydrogens (tertiary/aromatic N) is 2. The second kappa shape index (κ2) is 9.09. The van der Waals surface area contributed by atoms with Crippen LogP contribution in [0.5, 0.6) is 11.5 Å². The molecule has 3 aromatic rings. The Morgan fingerprint density at radius 1 is 1.15 bits per heavy atom. The fraction of sp³-hybridized carbons (Fsp3) is 0.304. The van der Waals surface area contributed by atoms with Gasteiger partial charge in [-0.1, -0.05) is 23.7 Å². The van der Waals surface area contributed by atoms with E-state index in [2.05, 4.69) is 15.7 Å². The lowest BCUT2D eigenvalue weighted by Crippen LogP contribution is -2.35. The number of fused-ring (bicyclic) bond motifs is 1. The van der Waals surface area contributed by atoms with E-state index in [0.29, 0.717) is 27.8 Å². The zero-order valence-electron chi connectivity index (χ0n) is 18.5. The van der Waals surface area contributed by atoms with Crippen LogP contribution in [0, 0.1) is 6.92 Å². The molecule has 2 N–H and O–H groups in total. The topological polar surface area (TPSA) is 77.4 Å². The summed E-state index contributed by atoms with van der Waals surface area (Å²) in [5.74, 6) is 0.315. The van der Waals surface area contributed by atoms with Gasteiger partial charge >= 0.3 is 6.18 Å². The Morgan fingerprint density at radius 2 is 1.88 bits per heavy atom. The van der Waals surface area contributed by atoms with E-state index >= 15 is 0 Å². The highest BCUT2D eigenvalue weighted by Gasteiger charge is 2.47. The summed E-state index contributed by atoms with van der Waals surface area (Å²) in [5.41, 5.74) is 1.64. The van der Waals surface area contributed by atoms with Gasteiger partial charge in [-0.2, -0.15) is 18.3 Å². The first kappa shape index (κ1) is 23.7. The summed E-state index contributed by atoms with van der Waals surface area (Å²) in [6.45, 7) is 1.78. The third-order valence-electron chi connectivity index (χ3n) is 5.68. The molecule has 1 amide bonds. The Bertz CT molecular complexity index is 1230. The number of aromatic nitrogens is 2. The molecule has 0 aliphatic carbocycles. The second-order valence-corrected chi connectivity index (χ2v) is 8.31. The Morgan fingerprint density at radius 3 is 2.56 bits per heavy atom. The van der Waals surface area contributed by atoms with Crippen LogP contribution in [-0.4, -0.2) is 36.1 Å². The van der Waals surface area contributed by atoms with Crippen LogP contribution in [0.4, 0.5) is 24.7 Å². The van der Waals surface area contributed by atoms with E-state index in [1.165, 1.54) is 20.3 Å². The van der Waals surface area contributed by atoms with Gasteiger partial charge in [0, 0.05) is 23.2 Å². The van der Waals surface area contributed by atoms with Crippen molar-refractivity contribution < 1.29 is 27.4 Å². The standard InChI is InChI=1S/C23H22ClF3N4O3/c1-12-4-6-14(24)9-15(12)29-22(32)17-11-21-28-16(10-20(23(25,26)27)31(21)30-17)13-5-7-18(33-2)19(8-13)34-3/h4-9,11,16,20,28H,10H2,1-3H3,(H,29,32)/t16-,20+/m1/s1. The lowest BCUT2D eigenvalue weighted by molar-refractivity contribution is -0.173. The molecule has 1 aliphatic heterocycles. The van der Waals surface area contributed by atoms with Crippen LogP contribution >= 0.6 is 11.6 Å². The maximum absolute atomic E-state index is 14.0. The van der Waals surface area contributed by atoms with Crippen molar-refractivity contribution in [2.45, 2.75) is 31.6 Å². The van der Waals surface area contributed by atoms with E-state index in [0.717, 1.165) is 10.2 Å². The molecule has 0 radical (unpaired) electrons. The van der Waals surface area contributed by atoms with E-state index in [9.17, 15) is 18.0 Å². The first-order chi connectivity index (χ1) is 16.1. The summed E-state index contributed by atoms with van der Waals surface area (Å²) in [6.07, 6.45) is -4.89. The number of hydrogen-bond donors (Lipinski definition) is 2. The van der Waals surface area contributed by atoms with Crippen molar-refractivity contribution in [3.63, 3.8) is 0 Å². The lowest BCUT2D eigenvalue weighted by atomic mass is 9.96. The van der Waals surface area contributed by atoms with Crippen LogP contribution in [0.3, 0.4) is 0 Å². The molecule has 0 bridgehead atoms. The molecule has 1 aliphatic rings. The maximum atomic E-state index is 14.0. The molecule has 2 heterocycles. The highest BCUT2D eigenvalue weighted by atomic mass is 35.5. The van der Waals surface area contributed by atoms with Crippen molar-refractivity contribution in [3.05, 3.63) is 64.3 Å². The first-order valence-corrected chi connectivity index (χ1v) is 10.7. The monoisotopic (exact) mass is 494 g/mol. The summed E-state index contributed by atoms with van der Waals surface area (Å²) >= 11 is 5.99. The van der Waals surface area contributed by atoms with Crippen LogP contribution < -0.4 is 20.1 Å². The Labute approximate surface area is 198 Å². The average Bonchev–Trinajstić information content (AvgIpc) is 3.24. The molecule has 34 heavy (non-hydrogen) atoms. The molecular formula is C23H22ClF3N4O3. The maximum Gasteiger partial charge on any atom is 0.410 e. The zero-order valence-corrected chi connectivity index (χ0v) is 19.3. The highest BCUT2D eigenvalue weighted by molar-refractivity contribution is 6.31. The molecule has 1 aromatic heterocycles. The van der Waals surface area contributed by atoms with Gasteiger partial charge in [-0.05, 0) is 42.3 Å². The number of aryl methyl sites for hydroxylation is 1. The van der Waals surface area contributed by atoms with Gasteiger partial charge in [0.15, 0.2) is 23.2 Å². The van der Waals surface area contributed by atoms with Crippen molar-refractivity contribution >= 4 is 29.0 Å². The number of amides is 1. The molecule has 4 rings (SSSR count). The number of methoxy groups -OCH3 is 2. The minimum absolute atomic E-state index is 0.0846. The summed E-state index contributed by atoms with van der Waals surface area (Å²) in [6, 6.07) is 8.60. The van der Waals surface area contributed by atoms with Gasteiger partial charge in [-0.15, -0.1) is 0 Å². The van der Waals surface area contributed by atoms with Gasteiger partial charge in [0.25, 0.3) is 5.91 Å². The van der Waals surface area contributed by atoms with Gasteiger partial charge in [0.2, 0.25) is 0 Å². The average molecular weight is 495 g/mol. The summed E-state index contributed by atoms with van der Waals surface area (Å²) < 4.78 is 53.3. The van der Waals surface area contributed by atoms with Crippen LogP contribution in [-0.2, 0) is 0 Å². The highest BCUT2D eigenvalue weighted by Crippen LogP contribution is 2.44. The molecule has 0 unspecified atom stereocenters. The number of rotatable bonds is 5. The number of carbonyl (C=O) groups is 1. The number of carbonyl (C=O) groups excluding carboxylic acids is 1. The molecule has 0 spiro atoms. The molecule has 11 heteroatoms.